The number of nitrogens with zero attached hydrogens (tertiary/aromatic N) is 2. The Hall–Kier alpha value is -2.61. The molecule has 31 heavy (non-hydrogen) atoms. The average molecular weight is 476 g/mol. The summed E-state index contributed by atoms with van der Waals surface area (Å²) in [5.74, 6) is 0.803. The Balaban J connectivity index is 1.73. The van der Waals surface area contributed by atoms with Crippen LogP contribution in [-0.4, -0.2) is 34.1 Å². The SMILES string of the molecule is CCOC(=O)CN1C(=S)N[C@@H](c2ccccn2)[C@H]1c1ccc(-c2cccc(Cl)c2Cl)o1. The number of esters is 1. The van der Waals surface area contributed by atoms with Crippen molar-refractivity contribution in [2.45, 2.75) is 19.0 Å². The molecule has 160 valence electrons. The van der Waals surface area contributed by atoms with E-state index in [0.717, 1.165) is 5.69 Å². The molecular weight excluding hydrogens is 457 g/mol. The highest BCUT2D eigenvalue weighted by atomic mass is 35.5. The van der Waals surface area contributed by atoms with Crippen molar-refractivity contribution in [2.75, 3.05) is 13.2 Å². The van der Waals surface area contributed by atoms with Gasteiger partial charge in [-0.15, -0.1) is 0 Å². The molecule has 6 nitrogen and oxygen atoms in total. The second-order valence-corrected chi connectivity index (χ2v) is 8.03. The molecule has 0 bridgehead atoms. The van der Waals surface area contributed by atoms with E-state index < -0.39 is 6.04 Å². The lowest BCUT2D eigenvalue weighted by molar-refractivity contribution is -0.143. The van der Waals surface area contributed by atoms with Crippen LogP contribution in [0.3, 0.4) is 0 Å². The van der Waals surface area contributed by atoms with Gasteiger partial charge in [-0.25, -0.2) is 0 Å². The number of carbonyl (C=O) groups excluding carboxylic acids is 1. The first-order chi connectivity index (χ1) is 15.0. The average Bonchev–Trinajstić information content (AvgIpc) is 3.36. The van der Waals surface area contributed by atoms with Crippen molar-refractivity contribution in [2.24, 2.45) is 0 Å². The van der Waals surface area contributed by atoms with E-state index in [1.807, 2.05) is 42.5 Å². The zero-order chi connectivity index (χ0) is 22.0. The van der Waals surface area contributed by atoms with Crippen LogP contribution in [0.15, 0.2) is 59.1 Å². The first kappa shape index (κ1) is 21.6. The van der Waals surface area contributed by atoms with E-state index in [-0.39, 0.29) is 18.6 Å². The predicted octanol–water partition coefficient (Wildman–Crippen LogP) is 5.18. The third kappa shape index (κ3) is 4.39. The number of ether oxygens (including phenoxy) is 1. The first-order valence-electron chi connectivity index (χ1n) is 9.67. The number of pyridine rings is 1. The number of hydrogen-bond donors (Lipinski definition) is 1. The summed E-state index contributed by atoms with van der Waals surface area (Å²) in [6, 6.07) is 14.0. The third-order valence-electron chi connectivity index (χ3n) is 4.94. The molecule has 3 heterocycles. The molecule has 3 aromatic rings. The Morgan fingerprint density at radius 2 is 2.06 bits per heavy atom. The van der Waals surface area contributed by atoms with Crippen LogP contribution >= 0.6 is 35.4 Å². The van der Waals surface area contributed by atoms with Crippen LogP contribution < -0.4 is 5.32 Å². The molecule has 0 unspecified atom stereocenters. The Kier molecular flexibility index (Phi) is 6.46. The summed E-state index contributed by atoms with van der Waals surface area (Å²) < 4.78 is 11.3. The molecule has 1 aliphatic heterocycles. The molecule has 2 aromatic heterocycles. The molecule has 1 saturated heterocycles. The number of rotatable bonds is 6. The molecule has 0 spiro atoms. The zero-order valence-electron chi connectivity index (χ0n) is 16.5. The molecule has 1 aromatic carbocycles. The second kappa shape index (κ2) is 9.26. The van der Waals surface area contributed by atoms with Crippen molar-refractivity contribution < 1.29 is 13.9 Å². The number of thiocarbonyl (C=S) groups is 1. The Morgan fingerprint density at radius 1 is 1.23 bits per heavy atom. The number of aromatic nitrogens is 1. The van der Waals surface area contributed by atoms with Gasteiger partial charge in [0.25, 0.3) is 0 Å². The van der Waals surface area contributed by atoms with Gasteiger partial charge in [-0.05, 0) is 55.5 Å². The zero-order valence-corrected chi connectivity index (χ0v) is 18.9. The number of halogens is 2. The second-order valence-electron chi connectivity index (χ2n) is 6.86. The summed E-state index contributed by atoms with van der Waals surface area (Å²) in [5, 5.41) is 4.54. The summed E-state index contributed by atoms with van der Waals surface area (Å²) in [6.07, 6.45) is 1.71. The lowest BCUT2D eigenvalue weighted by Gasteiger charge is -2.25. The predicted molar refractivity (Wildman–Crippen MR) is 123 cm³/mol. The minimum atomic E-state index is -0.404. The van der Waals surface area contributed by atoms with Gasteiger partial charge < -0.3 is 19.4 Å². The quantitative estimate of drug-likeness (QED) is 0.388. The fourth-order valence-electron chi connectivity index (χ4n) is 3.58. The summed E-state index contributed by atoms with van der Waals surface area (Å²) in [4.78, 5) is 18.5. The van der Waals surface area contributed by atoms with Crippen LogP contribution in [-0.2, 0) is 9.53 Å². The molecule has 1 aliphatic rings. The summed E-state index contributed by atoms with van der Waals surface area (Å²) in [7, 11) is 0. The lowest BCUT2D eigenvalue weighted by Crippen LogP contribution is -2.35. The number of benzene rings is 1. The van der Waals surface area contributed by atoms with E-state index in [9.17, 15) is 4.79 Å². The maximum absolute atomic E-state index is 12.2. The molecular formula is C22H19Cl2N3O3S. The van der Waals surface area contributed by atoms with E-state index in [1.165, 1.54) is 0 Å². The smallest absolute Gasteiger partial charge is 0.325 e. The van der Waals surface area contributed by atoms with Crippen LogP contribution in [0.4, 0.5) is 0 Å². The highest BCUT2D eigenvalue weighted by Crippen LogP contribution is 2.41. The van der Waals surface area contributed by atoms with E-state index in [4.69, 9.17) is 44.6 Å². The maximum atomic E-state index is 12.2. The van der Waals surface area contributed by atoms with E-state index in [1.54, 1.807) is 24.1 Å². The summed E-state index contributed by atoms with van der Waals surface area (Å²) in [5.41, 5.74) is 1.46. The highest BCUT2D eigenvalue weighted by molar-refractivity contribution is 7.80. The minimum absolute atomic E-state index is 0.0123. The van der Waals surface area contributed by atoms with E-state index in [2.05, 4.69) is 10.3 Å². The fraction of sp³-hybridized carbons (Fsp3) is 0.227. The van der Waals surface area contributed by atoms with Gasteiger partial charge in [0.2, 0.25) is 0 Å². The molecule has 0 saturated carbocycles. The Morgan fingerprint density at radius 3 is 2.81 bits per heavy atom. The summed E-state index contributed by atoms with van der Waals surface area (Å²) >= 11 is 18.1. The first-order valence-corrected chi connectivity index (χ1v) is 10.8. The number of hydrogen-bond acceptors (Lipinski definition) is 5. The molecule has 0 amide bonds. The van der Waals surface area contributed by atoms with Gasteiger partial charge >= 0.3 is 5.97 Å². The number of furan rings is 1. The number of nitrogens with one attached hydrogen (secondary N) is 1. The molecule has 0 radical (unpaired) electrons. The standard InChI is InChI=1S/C22H19Cl2N3O3S/c1-2-29-18(28)12-27-21(20(26-22(27)31)15-8-3-4-11-25-15)17-10-9-16(30-17)13-6-5-7-14(23)19(13)24/h3-11,20-21H,2,12H2,1H3,(H,26,31)/t20-,21+/m0/s1. The molecule has 1 N–H and O–H groups in total. The van der Waals surface area contributed by atoms with Crippen LogP contribution in [0.1, 0.15) is 30.5 Å². The van der Waals surface area contributed by atoms with Gasteiger partial charge in [-0.2, -0.15) is 0 Å². The van der Waals surface area contributed by atoms with E-state index >= 15 is 0 Å². The normalized spacial score (nSPS) is 18.2. The van der Waals surface area contributed by atoms with Gasteiger partial charge in [-0.3, -0.25) is 9.78 Å². The monoisotopic (exact) mass is 475 g/mol. The molecule has 9 heteroatoms. The van der Waals surface area contributed by atoms with Gasteiger partial charge in [0.1, 0.15) is 24.1 Å². The van der Waals surface area contributed by atoms with Gasteiger partial charge in [-0.1, -0.05) is 35.3 Å². The molecule has 1 fully saturated rings. The summed E-state index contributed by atoms with van der Waals surface area (Å²) in [6.45, 7) is 2.04. The van der Waals surface area contributed by atoms with Crippen molar-refractivity contribution in [3.05, 3.63) is 76.2 Å². The number of carbonyl (C=O) groups is 1. The van der Waals surface area contributed by atoms with Crippen LogP contribution in [0.5, 0.6) is 0 Å². The highest BCUT2D eigenvalue weighted by Gasteiger charge is 2.42. The molecule has 0 aliphatic carbocycles. The maximum Gasteiger partial charge on any atom is 0.325 e. The third-order valence-corrected chi connectivity index (χ3v) is 6.11. The molecule has 2 atom stereocenters. The van der Waals surface area contributed by atoms with Crippen LogP contribution in [0.2, 0.25) is 10.0 Å². The minimum Gasteiger partial charge on any atom is -0.465 e. The van der Waals surface area contributed by atoms with Crippen LogP contribution in [0, 0.1) is 0 Å². The topological polar surface area (TPSA) is 67.6 Å². The van der Waals surface area contributed by atoms with Crippen molar-refractivity contribution in [1.82, 2.24) is 15.2 Å². The van der Waals surface area contributed by atoms with Crippen molar-refractivity contribution in [1.29, 1.82) is 0 Å². The molecule has 4 rings (SSSR count). The fourth-order valence-corrected chi connectivity index (χ4v) is 4.28. The van der Waals surface area contributed by atoms with Gasteiger partial charge in [0.05, 0.1) is 28.4 Å². The Labute approximate surface area is 195 Å². The van der Waals surface area contributed by atoms with Crippen molar-refractivity contribution in [3.8, 4) is 11.3 Å². The van der Waals surface area contributed by atoms with Crippen molar-refractivity contribution in [3.63, 3.8) is 0 Å². The lowest BCUT2D eigenvalue weighted by atomic mass is 10.0. The Bertz CT molecular complexity index is 1110. The van der Waals surface area contributed by atoms with Crippen LogP contribution in [0.25, 0.3) is 11.3 Å². The largest absolute Gasteiger partial charge is 0.465 e. The van der Waals surface area contributed by atoms with Gasteiger partial charge in [0, 0.05) is 11.8 Å². The van der Waals surface area contributed by atoms with Gasteiger partial charge in [0.15, 0.2) is 5.11 Å². The van der Waals surface area contributed by atoms with Crippen molar-refractivity contribution >= 4 is 46.5 Å². The van der Waals surface area contributed by atoms with E-state index in [0.29, 0.717) is 38.8 Å².